The number of amides is 2. The van der Waals surface area contributed by atoms with Gasteiger partial charge in [-0.2, -0.15) is 0 Å². The van der Waals surface area contributed by atoms with Crippen LogP contribution in [0.3, 0.4) is 0 Å². The Morgan fingerprint density at radius 1 is 1.10 bits per heavy atom. The molecule has 0 radical (unpaired) electrons. The van der Waals surface area contributed by atoms with Crippen LogP contribution >= 0.6 is 22.9 Å². The highest BCUT2D eigenvalue weighted by molar-refractivity contribution is 7.21. The van der Waals surface area contributed by atoms with E-state index < -0.39 is 24.4 Å². The van der Waals surface area contributed by atoms with Gasteiger partial charge in [0.1, 0.15) is 11.4 Å². The average Bonchev–Trinajstić information content (AvgIpc) is 3.04. The molecule has 2 amide bonds. The van der Waals surface area contributed by atoms with Crippen molar-refractivity contribution in [3.05, 3.63) is 63.5 Å². The van der Waals surface area contributed by atoms with E-state index in [1.165, 1.54) is 11.3 Å². The number of benzene rings is 2. The van der Waals surface area contributed by atoms with Gasteiger partial charge in [-0.25, -0.2) is 0 Å². The van der Waals surface area contributed by atoms with E-state index in [4.69, 9.17) is 16.3 Å². The summed E-state index contributed by atoms with van der Waals surface area (Å²) < 4.78 is 5.81. The molecule has 0 unspecified atom stereocenters. The van der Waals surface area contributed by atoms with Crippen LogP contribution in [0, 0.1) is 13.8 Å². The van der Waals surface area contributed by atoms with Crippen molar-refractivity contribution in [2.24, 2.45) is 0 Å². The summed E-state index contributed by atoms with van der Waals surface area (Å²) in [6, 6.07) is 13.1. The van der Waals surface area contributed by atoms with Crippen LogP contribution in [0.1, 0.15) is 20.8 Å². The van der Waals surface area contributed by atoms with Crippen molar-refractivity contribution in [2.45, 2.75) is 13.8 Å². The van der Waals surface area contributed by atoms with Gasteiger partial charge >= 0.3 is 5.97 Å². The summed E-state index contributed by atoms with van der Waals surface area (Å²) >= 11 is 7.50. The summed E-state index contributed by atoms with van der Waals surface area (Å²) in [6.07, 6.45) is 0. The SMILES string of the molecule is Cc1ccc(C)c(NC(=O)COC(=O)CNC(=O)c2sc3ccccc3c2Cl)c1. The highest BCUT2D eigenvalue weighted by atomic mass is 35.5. The zero-order valence-electron chi connectivity index (χ0n) is 15.9. The van der Waals surface area contributed by atoms with E-state index in [1.807, 2.05) is 56.3 Å². The Labute approximate surface area is 176 Å². The molecule has 2 aromatic carbocycles. The Bertz CT molecular complexity index is 1090. The van der Waals surface area contributed by atoms with Crippen molar-refractivity contribution >= 4 is 56.5 Å². The lowest BCUT2D eigenvalue weighted by Crippen LogP contribution is -2.32. The molecule has 0 atom stereocenters. The van der Waals surface area contributed by atoms with E-state index in [0.717, 1.165) is 21.2 Å². The highest BCUT2D eigenvalue weighted by Crippen LogP contribution is 2.34. The quantitative estimate of drug-likeness (QED) is 0.577. The van der Waals surface area contributed by atoms with Gasteiger partial charge in [-0.05, 0) is 37.1 Å². The lowest BCUT2D eigenvalue weighted by molar-refractivity contribution is -0.146. The first-order valence-electron chi connectivity index (χ1n) is 8.83. The third-order valence-corrected chi connectivity index (χ3v) is 5.84. The number of aryl methyl sites for hydroxylation is 2. The Hall–Kier alpha value is -2.90. The fourth-order valence-electron chi connectivity index (χ4n) is 2.65. The molecule has 1 heterocycles. The number of rotatable bonds is 6. The fourth-order valence-corrected chi connectivity index (χ4v) is 4.08. The predicted octanol–water partition coefficient (Wildman–Crippen LogP) is 4.08. The molecule has 29 heavy (non-hydrogen) atoms. The van der Waals surface area contributed by atoms with Gasteiger partial charge in [-0.1, -0.05) is 41.9 Å². The van der Waals surface area contributed by atoms with Crippen LogP contribution in [0.4, 0.5) is 5.69 Å². The third-order valence-electron chi connectivity index (χ3n) is 4.17. The molecule has 0 fully saturated rings. The van der Waals surface area contributed by atoms with E-state index >= 15 is 0 Å². The molecular weight excluding hydrogens is 412 g/mol. The standard InChI is InChI=1S/C21H19ClN2O4S/c1-12-7-8-13(2)15(9-12)24-17(25)11-28-18(26)10-23-21(27)20-19(22)14-5-3-4-6-16(14)29-20/h3-9H,10-11H2,1-2H3,(H,23,27)(H,24,25). The number of carbonyl (C=O) groups is 3. The molecule has 3 rings (SSSR count). The van der Waals surface area contributed by atoms with Crippen molar-refractivity contribution < 1.29 is 19.1 Å². The fraction of sp³-hybridized carbons (Fsp3) is 0.190. The van der Waals surface area contributed by atoms with Gasteiger partial charge in [-0.15, -0.1) is 11.3 Å². The van der Waals surface area contributed by atoms with Gasteiger partial charge in [0.2, 0.25) is 0 Å². The summed E-state index contributed by atoms with van der Waals surface area (Å²) in [5.74, 6) is -1.63. The number of fused-ring (bicyclic) bond motifs is 1. The Morgan fingerprint density at radius 3 is 2.62 bits per heavy atom. The zero-order chi connectivity index (χ0) is 21.0. The van der Waals surface area contributed by atoms with Crippen LogP contribution in [-0.2, 0) is 14.3 Å². The minimum atomic E-state index is -0.716. The maximum atomic E-state index is 12.3. The number of thiophene rings is 1. The molecule has 0 aliphatic carbocycles. The maximum absolute atomic E-state index is 12.3. The molecule has 0 saturated carbocycles. The second kappa shape index (κ2) is 9.07. The lowest BCUT2D eigenvalue weighted by Gasteiger charge is -2.10. The molecule has 1 aromatic heterocycles. The molecule has 2 N–H and O–H groups in total. The van der Waals surface area contributed by atoms with Crippen LogP contribution < -0.4 is 10.6 Å². The molecular formula is C21H19ClN2O4S. The predicted molar refractivity (Wildman–Crippen MR) is 115 cm³/mol. The Balaban J connectivity index is 1.49. The Morgan fingerprint density at radius 2 is 1.86 bits per heavy atom. The second-order valence-electron chi connectivity index (χ2n) is 6.45. The van der Waals surface area contributed by atoms with Gasteiger partial charge in [0.15, 0.2) is 6.61 Å². The minimum Gasteiger partial charge on any atom is -0.454 e. The first kappa shape index (κ1) is 20.8. The molecule has 0 bridgehead atoms. The van der Waals surface area contributed by atoms with Crippen molar-refractivity contribution in [2.75, 3.05) is 18.5 Å². The largest absolute Gasteiger partial charge is 0.454 e. The van der Waals surface area contributed by atoms with Gasteiger partial charge in [0.05, 0.1) is 5.02 Å². The van der Waals surface area contributed by atoms with Crippen LogP contribution in [0.2, 0.25) is 5.02 Å². The van der Waals surface area contributed by atoms with Crippen molar-refractivity contribution in [1.82, 2.24) is 5.32 Å². The minimum absolute atomic E-state index is 0.327. The van der Waals surface area contributed by atoms with Gasteiger partial charge in [-0.3, -0.25) is 14.4 Å². The molecule has 0 aliphatic heterocycles. The number of esters is 1. The summed E-state index contributed by atoms with van der Waals surface area (Å²) in [5.41, 5.74) is 2.58. The molecule has 150 valence electrons. The number of anilines is 1. The van der Waals surface area contributed by atoms with Crippen molar-refractivity contribution in [1.29, 1.82) is 0 Å². The van der Waals surface area contributed by atoms with Crippen LogP contribution in [0.25, 0.3) is 10.1 Å². The highest BCUT2D eigenvalue weighted by Gasteiger charge is 2.18. The van der Waals surface area contributed by atoms with Crippen LogP contribution in [0.15, 0.2) is 42.5 Å². The topological polar surface area (TPSA) is 84.5 Å². The normalized spacial score (nSPS) is 10.6. The van der Waals surface area contributed by atoms with Gasteiger partial charge in [0.25, 0.3) is 11.8 Å². The van der Waals surface area contributed by atoms with E-state index in [1.54, 1.807) is 0 Å². The third kappa shape index (κ3) is 5.13. The summed E-state index contributed by atoms with van der Waals surface area (Å²) in [6.45, 7) is 2.99. The van der Waals surface area contributed by atoms with Crippen molar-refractivity contribution in [3.63, 3.8) is 0 Å². The molecule has 6 nitrogen and oxygen atoms in total. The van der Waals surface area contributed by atoms with Gasteiger partial charge < -0.3 is 15.4 Å². The monoisotopic (exact) mass is 430 g/mol. The van der Waals surface area contributed by atoms with Crippen molar-refractivity contribution in [3.8, 4) is 0 Å². The summed E-state index contributed by atoms with van der Waals surface area (Å²) in [4.78, 5) is 36.5. The smallest absolute Gasteiger partial charge is 0.325 e. The maximum Gasteiger partial charge on any atom is 0.325 e. The number of hydrogen-bond donors (Lipinski definition) is 2. The second-order valence-corrected chi connectivity index (χ2v) is 7.88. The first-order chi connectivity index (χ1) is 13.8. The average molecular weight is 431 g/mol. The number of nitrogens with one attached hydrogen (secondary N) is 2. The summed E-state index contributed by atoms with van der Waals surface area (Å²) in [7, 11) is 0. The summed E-state index contributed by atoms with van der Waals surface area (Å²) in [5, 5.41) is 6.31. The number of halogens is 1. The van der Waals surface area contributed by atoms with E-state index in [0.29, 0.717) is 15.6 Å². The number of ether oxygens (including phenoxy) is 1. The van der Waals surface area contributed by atoms with Gasteiger partial charge in [0, 0.05) is 15.8 Å². The first-order valence-corrected chi connectivity index (χ1v) is 10.0. The molecule has 0 saturated heterocycles. The van der Waals surface area contributed by atoms with Crippen LogP contribution in [-0.4, -0.2) is 30.9 Å². The Kier molecular flexibility index (Phi) is 6.51. The molecule has 8 heteroatoms. The molecule has 0 aliphatic rings. The molecule has 0 spiro atoms. The van der Waals surface area contributed by atoms with E-state index in [2.05, 4.69) is 10.6 Å². The number of hydrogen-bond acceptors (Lipinski definition) is 5. The van der Waals surface area contributed by atoms with E-state index in [9.17, 15) is 14.4 Å². The zero-order valence-corrected chi connectivity index (χ0v) is 17.4. The lowest BCUT2D eigenvalue weighted by atomic mass is 10.1. The van der Waals surface area contributed by atoms with E-state index in [-0.39, 0.29) is 6.54 Å². The molecule has 3 aromatic rings. The van der Waals surface area contributed by atoms with Crippen LogP contribution in [0.5, 0.6) is 0 Å². The number of carbonyl (C=O) groups excluding carboxylic acids is 3.